The predicted octanol–water partition coefficient (Wildman–Crippen LogP) is 1.59. The van der Waals surface area contributed by atoms with Gasteiger partial charge in [0.1, 0.15) is 5.25 Å². The molecular formula is C15H19N5O2S. The molecule has 7 nitrogen and oxygen atoms in total. The Hall–Kier alpha value is -2.09. The summed E-state index contributed by atoms with van der Waals surface area (Å²) in [6.45, 7) is 3.58. The van der Waals surface area contributed by atoms with Crippen LogP contribution in [-0.4, -0.2) is 35.6 Å². The number of tetrazole rings is 1. The fourth-order valence-electron chi connectivity index (χ4n) is 2.23. The summed E-state index contributed by atoms with van der Waals surface area (Å²) in [4.78, 5) is 12.3. The van der Waals surface area contributed by atoms with Crippen LogP contribution in [0.15, 0.2) is 24.3 Å². The number of hydrogen-bond donors (Lipinski definition) is 1. The SMILES string of the molecule is Cc1ccccc1NC(=O)C(C)S(=O)Cc1nnnn1C1CC1. The van der Waals surface area contributed by atoms with E-state index >= 15 is 0 Å². The van der Waals surface area contributed by atoms with E-state index in [4.69, 9.17) is 0 Å². The number of hydrogen-bond acceptors (Lipinski definition) is 5. The molecule has 0 saturated heterocycles. The summed E-state index contributed by atoms with van der Waals surface area (Å²) in [6.07, 6.45) is 2.10. The molecule has 1 aliphatic carbocycles. The highest BCUT2D eigenvalue weighted by Gasteiger charge is 2.29. The van der Waals surface area contributed by atoms with Crippen molar-refractivity contribution in [2.45, 2.75) is 43.7 Å². The van der Waals surface area contributed by atoms with Crippen molar-refractivity contribution >= 4 is 22.4 Å². The first-order chi connectivity index (χ1) is 11.1. The molecule has 1 heterocycles. The van der Waals surface area contributed by atoms with E-state index in [9.17, 15) is 9.00 Å². The summed E-state index contributed by atoms with van der Waals surface area (Å²) in [5, 5.41) is 13.7. The highest BCUT2D eigenvalue weighted by Crippen LogP contribution is 2.34. The first kappa shape index (κ1) is 15.8. The van der Waals surface area contributed by atoms with E-state index in [-0.39, 0.29) is 11.7 Å². The van der Waals surface area contributed by atoms with Crippen LogP contribution in [0.2, 0.25) is 0 Å². The van der Waals surface area contributed by atoms with Crippen LogP contribution in [-0.2, 0) is 21.3 Å². The smallest absolute Gasteiger partial charge is 0.239 e. The topological polar surface area (TPSA) is 89.8 Å². The first-order valence-corrected chi connectivity index (χ1v) is 8.95. The van der Waals surface area contributed by atoms with E-state index in [0.29, 0.717) is 11.9 Å². The Morgan fingerprint density at radius 1 is 1.43 bits per heavy atom. The number of nitrogens with one attached hydrogen (secondary N) is 1. The number of benzene rings is 1. The molecule has 3 rings (SSSR count). The molecule has 122 valence electrons. The lowest BCUT2D eigenvalue weighted by Crippen LogP contribution is -2.30. The van der Waals surface area contributed by atoms with Gasteiger partial charge in [-0.05, 0) is 48.7 Å². The minimum absolute atomic E-state index is 0.186. The van der Waals surface area contributed by atoms with Crippen molar-refractivity contribution in [2.24, 2.45) is 0 Å². The summed E-state index contributed by atoms with van der Waals surface area (Å²) < 4.78 is 14.2. The van der Waals surface area contributed by atoms with Gasteiger partial charge in [0.05, 0.1) is 11.8 Å². The average molecular weight is 333 g/mol. The quantitative estimate of drug-likeness (QED) is 0.867. The summed E-state index contributed by atoms with van der Waals surface area (Å²) in [6, 6.07) is 7.84. The molecule has 0 bridgehead atoms. The lowest BCUT2D eigenvalue weighted by molar-refractivity contribution is -0.115. The maximum absolute atomic E-state index is 12.5. The van der Waals surface area contributed by atoms with E-state index in [1.54, 1.807) is 11.6 Å². The van der Waals surface area contributed by atoms with Crippen molar-refractivity contribution in [2.75, 3.05) is 5.32 Å². The molecule has 23 heavy (non-hydrogen) atoms. The summed E-state index contributed by atoms with van der Waals surface area (Å²) >= 11 is 0. The van der Waals surface area contributed by atoms with Gasteiger partial charge in [-0.3, -0.25) is 9.00 Å². The third-order valence-electron chi connectivity index (χ3n) is 3.89. The van der Waals surface area contributed by atoms with Crippen molar-refractivity contribution in [3.63, 3.8) is 0 Å². The minimum atomic E-state index is -1.38. The first-order valence-electron chi connectivity index (χ1n) is 7.56. The zero-order valence-electron chi connectivity index (χ0n) is 13.1. The van der Waals surface area contributed by atoms with Crippen LogP contribution < -0.4 is 5.32 Å². The standard InChI is InChI=1S/C15H19N5O2S/c1-10-5-3-4-6-13(10)16-15(21)11(2)23(22)9-14-17-18-19-20(14)12-7-8-12/h3-6,11-12H,7-9H2,1-2H3,(H,16,21). The molecule has 2 unspecified atom stereocenters. The van der Waals surface area contributed by atoms with Gasteiger partial charge in [0.2, 0.25) is 5.91 Å². The minimum Gasteiger partial charge on any atom is -0.325 e. The van der Waals surface area contributed by atoms with E-state index in [1.165, 1.54) is 0 Å². The molecule has 1 aromatic carbocycles. The summed E-state index contributed by atoms with van der Waals surface area (Å²) in [5.74, 6) is 0.510. The van der Waals surface area contributed by atoms with Crippen LogP contribution in [0.4, 0.5) is 5.69 Å². The average Bonchev–Trinajstić information content (AvgIpc) is 3.28. The van der Waals surface area contributed by atoms with Crippen molar-refractivity contribution in [3.05, 3.63) is 35.7 Å². The zero-order valence-corrected chi connectivity index (χ0v) is 13.9. The number of nitrogens with zero attached hydrogens (tertiary/aromatic N) is 4. The van der Waals surface area contributed by atoms with E-state index < -0.39 is 16.0 Å². The van der Waals surface area contributed by atoms with E-state index in [0.717, 1.165) is 24.1 Å². The van der Waals surface area contributed by atoms with Gasteiger partial charge in [0.15, 0.2) is 5.82 Å². The van der Waals surface area contributed by atoms with Gasteiger partial charge in [-0.25, -0.2) is 4.68 Å². The summed E-state index contributed by atoms with van der Waals surface area (Å²) in [5.41, 5.74) is 1.71. The van der Waals surface area contributed by atoms with Gasteiger partial charge >= 0.3 is 0 Å². The highest BCUT2D eigenvalue weighted by molar-refractivity contribution is 7.85. The van der Waals surface area contributed by atoms with Gasteiger partial charge in [-0.2, -0.15) is 0 Å². The number of amides is 1. The predicted molar refractivity (Wildman–Crippen MR) is 87.2 cm³/mol. The lowest BCUT2D eigenvalue weighted by Gasteiger charge is -2.13. The molecule has 2 aromatic rings. The molecule has 1 aromatic heterocycles. The largest absolute Gasteiger partial charge is 0.325 e. The molecule has 0 spiro atoms. The fourth-order valence-corrected chi connectivity index (χ4v) is 3.22. The Bertz CT molecular complexity index is 741. The van der Waals surface area contributed by atoms with Crippen molar-refractivity contribution < 1.29 is 9.00 Å². The molecule has 1 fully saturated rings. The van der Waals surface area contributed by atoms with Crippen LogP contribution in [0.25, 0.3) is 0 Å². The molecule has 1 aliphatic rings. The number of rotatable bonds is 6. The number of para-hydroxylation sites is 1. The van der Waals surface area contributed by atoms with E-state index in [1.807, 2.05) is 31.2 Å². The Kier molecular flexibility index (Phi) is 4.51. The summed E-state index contributed by atoms with van der Waals surface area (Å²) in [7, 11) is -1.38. The number of carbonyl (C=O) groups excluding carboxylic acids is 1. The maximum Gasteiger partial charge on any atom is 0.239 e. The third kappa shape index (κ3) is 3.64. The monoisotopic (exact) mass is 333 g/mol. The molecule has 2 atom stereocenters. The van der Waals surface area contributed by atoms with Crippen LogP contribution >= 0.6 is 0 Å². The zero-order chi connectivity index (χ0) is 16.4. The highest BCUT2D eigenvalue weighted by atomic mass is 32.2. The Balaban J connectivity index is 1.63. The van der Waals surface area contributed by atoms with Crippen LogP contribution in [0.1, 0.15) is 37.2 Å². The fraction of sp³-hybridized carbons (Fsp3) is 0.467. The number of carbonyl (C=O) groups is 1. The second kappa shape index (κ2) is 6.57. The number of aryl methyl sites for hydroxylation is 1. The Morgan fingerprint density at radius 2 is 2.17 bits per heavy atom. The Morgan fingerprint density at radius 3 is 2.87 bits per heavy atom. The van der Waals surface area contributed by atoms with Gasteiger partial charge in [0.25, 0.3) is 0 Å². The molecular weight excluding hydrogens is 314 g/mol. The third-order valence-corrected chi connectivity index (χ3v) is 5.44. The molecule has 8 heteroatoms. The molecule has 1 amide bonds. The molecule has 1 N–H and O–H groups in total. The van der Waals surface area contributed by atoms with Crippen LogP contribution in [0.3, 0.4) is 0 Å². The Labute approximate surface area is 136 Å². The van der Waals surface area contributed by atoms with Gasteiger partial charge in [-0.15, -0.1) is 5.10 Å². The molecule has 0 aliphatic heterocycles. The van der Waals surface area contributed by atoms with Crippen molar-refractivity contribution in [3.8, 4) is 0 Å². The van der Waals surface area contributed by atoms with Crippen molar-refractivity contribution in [1.82, 2.24) is 20.2 Å². The van der Waals surface area contributed by atoms with Crippen molar-refractivity contribution in [1.29, 1.82) is 0 Å². The van der Waals surface area contributed by atoms with Gasteiger partial charge < -0.3 is 5.32 Å². The van der Waals surface area contributed by atoms with E-state index in [2.05, 4.69) is 20.8 Å². The molecule has 0 radical (unpaired) electrons. The van der Waals surface area contributed by atoms with Crippen LogP contribution in [0, 0.1) is 6.92 Å². The normalized spacial score (nSPS) is 16.8. The maximum atomic E-state index is 12.5. The van der Waals surface area contributed by atoms with Crippen LogP contribution in [0.5, 0.6) is 0 Å². The lowest BCUT2D eigenvalue weighted by atomic mass is 10.2. The molecule has 1 saturated carbocycles. The van der Waals surface area contributed by atoms with Gasteiger partial charge in [-0.1, -0.05) is 18.2 Å². The number of anilines is 1. The second-order valence-corrected chi connectivity index (χ2v) is 7.50. The van der Waals surface area contributed by atoms with Gasteiger partial charge in [0, 0.05) is 16.5 Å². The number of aromatic nitrogens is 4. The second-order valence-electron chi connectivity index (χ2n) is 5.74.